The summed E-state index contributed by atoms with van der Waals surface area (Å²) in [5.41, 5.74) is 5.77. The summed E-state index contributed by atoms with van der Waals surface area (Å²) in [7, 11) is 0. The lowest BCUT2D eigenvalue weighted by molar-refractivity contribution is -0.121. The van der Waals surface area contributed by atoms with Crippen LogP contribution in [0.2, 0.25) is 0 Å². The van der Waals surface area contributed by atoms with Crippen molar-refractivity contribution in [3.05, 3.63) is 16.7 Å². The van der Waals surface area contributed by atoms with Crippen LogP contribution in [0.25, 0.3) is 11.2 Å². The summed E-state index contributed by atoms with van der Waals surface area (Å²) in [4.78, 5) is 36.4. The molecule has 1 aliphatic rings. The molecule has 0 spiro atoms. The van der Waals surface area contributed by atoms with Gasteiger partial charge in [-0.3, -0.25) is 19.5 Å². The summed E-state index contributed by atoms with van der Waals surface area (Å²) in [5, 5.41) is 2.90. The molecule has 130 valence electrons. The smallest absolute Gasteiger partial charge is 0.280 e. The normalized spacial score (nSPS) is 15.7. The van der Waals surface area contributed by atoms with Gasteiger partial charge in [-0.1, -0.05) is 0 Å². The molecule has 1 saturated heterocycles. The van der Waals surface area contributed by atoms with Crippen molar-refractivity contribution in [1.82, 2.24) is 29.7 Å². The lowest BCUT2D eigenvalue weighted by Gasteiger charge is -2.26. The summed E-state index contributed by atoms with van der Waals surface area (Å²) < 4.78 is 6.94. The highest BCUT2D eigenvalue weighted by Crippen LogP contribution is 2.07. The second kappa shape index (κ2) is 7.41. The van der Waals surface area contributed by atoms with E-state index in [-0.39, 0.29) is 29.4 Å². The first-order valence-electron chi connectivity index (χ1n) is 7.91. The van der Waals surface area contributed by atoms with E-state index in [1.54, 1.807) is 4.57 Å². The molecule has 10 heteroatoms. The molecule has 4 N–H and O–H groups in total. The molecule has 0 unspecified atom stereocenters. The second-order valence-corrected chi connectivity index (χ2v) is 5.62. The number of carbonyl (C=O) groups excluding carboxylic acids is 1. The average molecular weight is 335 g/mol. The predicted molar refractivity (Wildman–Crippen MR) is 87.4 cm³/mol. The fraction of sp³-hybridized carbons (Fsp3) is 0.571. The monoisotopic (exact) mass is 335 g/mol. The maximum absolute atomic E-state index is 11.9. The number of nitrogens with two attached hydrogens (primary N) is 1. The van der Waals surface area contributed by atoms with Gasteiger partial charge in [0.25, 0.3) is 5.56 Å². The third-order valence-corrected chi connectivity index (χ3v) is 3.93. The third-order valence-electron chi connectivity index (χ3n) is 3.93. The number of carbonyl (C=O) groups is 1. The number of H-pyrrole nitrogens is 1. The van der Waals surface area contributed by atoms with Crippen molar-refractivity contribution in [2.24, 2.45) is 0 Å². The highest BCUT2D eigenvalue weighted by molar-refractivity contribution is 5.76. The Morgan fingerprint density at radius 2 is 2.17 bits per heavy atom. The Kier molecular flexibility index (Phi) is 5.06. The zero-order valence-electron chi connectivity index (χ0n) is 13.3. The first-order valence-corrected chi connectivity index (χ1v) is 7.91. The fourth-order valence-corrected chi connectivity index (χ4v) is 2.62. The number of aryl methyl sites for hydroxylation is 1. The number of nitrogens with one attached hydrogen (secondary N) is 2. The number of nitrogens with zero attached hydrogens (tertiary/aromatic N) is 4. The van der Waals surface area contributed by atoms with Crippen LogP contribution in [0.5, 0.6) is 0 Å². The van der Waals surface area contributed by atoms with Crippen molar-refractivity contribution in [2.75, 3.05) is 45.1 Å². The van der Waals surface area contributed by atoms with Crippen molar-refractivity contribution in [1.29, 1.82) is 0 Å². The molecule has 24 heavy (non-hydrogen) atoms. The Hall–Kier alpha value is -2.46. The number of ether oxygens (including phenoxy) is 1. The SMILES string of the molecule is Nc1nc2c(ncn2CCC(=O)NCCN2CCOCC2)c(=O)[nH]1. The molecule has 1 aliphatic heterocycles. The van der Waals surface area contributed by atoms with Gasteiger partial charge >= 0.3 is 0 Å². The van der Waals surface area contributed by atoms with Crippen LogP contribution in [0.3, 0.4) is 0 Å². The van der Waals surface area contributed by atoms with E-state index >= 15 is 0 Å². The number of rotatable bonds is 6. The van der Waals surface area contributed by atoms with E-state index in [2.05, 4.69) is 25.2 Å². The Bertz CT molecular complexity index is 763. The molecule has 0 bridgehead atoms. The molecule has 3 rings (SSSR count). The number of amides is 1. The quantitative estimate of drug-likeness (QED) is 0.588. The highest BCUT2D eigenvalue weighted by atomic mass is 16.5. The number of aromatic nitrogens is 4. The molecule has 10 nitrogen and oxygen atoms in total. The number of hydrogen-bond acceptors (Lipinski definition) is 7. The minimum atomic E-state index is -0.383. The maximum atomic E-state index is 11.9. The van der Waals surface area contributed by atoms with Crippen molar-refractivity contribution >= 4 is 23.0 Å². The minimum Gasteiger partial charge on any atom is -0.379 e. The molecule has 2 aromatic rings. The van der Waals surface area contributed by atoms with Gasteiger partial charge in [0.1, 0.15) is 0 Å². The second-order valence-electron chi connectivity index (χ2n) is 5.62. The maximum Gasteiger partial charge on any atom is 0.280 e. The molecule has 1 amide bonds. The molecule has 2 aromatic heterocycles. The standard InChI is InChI=1S/C14H21N7O3/c15-14-18-12-11(13(23)19-14)17-9-21(12)3-1-10(22)16-2-4-20-5-7-24-8-6-20/h9H,1-8H2,(H,16,22)(H3,15,18,19,23). The number of imidazole rings is 1. The van der Waals surface area contributed by atoms with Gasteiger partial charge in [-0.25, -0.2) is 4.98 Å². The lowest BCUT2D eigenvalue weighted by atomic mass is 10.3. The van der Waals surface area contributed by atoms with Crippen molar-refractivity contribution < 1.29 is 9.53 Å². The Morgan fingerprint density at radius 3 is 2.96 bits per heavy atom. The van der Waals surface area contributed by atoms with Crippen molar-refractivity contribution in [3.8, 4) is 0 Å². The van der Waals surface area contributed by atoms with E-state index in [1.165, 1.54) is 6.33 Å². The molecular formula is C14H21N7O3. The van der Waals surface area contributed by atoms with E-state index in [4.69, 9.17) is 10.5 Å². The van der Waals surface area contributed by atoms with Crippen molar-refractivity contribution in [2.45, 2.75) is 13.0 Å². The largest absolute Gasteiger partial charge is 0.379 e. The van der Waals surface area contributed by atoms with E-state index in [1.807, 2.05) is 0 Å². The van der Waals surface area contributed by atoms with E-state index < -0.39 is 0 Å². The summed E-state index contributed by atoms with van der Waals surface area (Å²) in [6, 6.07) is 0. The summed E-state index contributed by atoms with van der Waals surface area (Å²) in [6.45, 7) is 5.10. The van der Waals surface area contributed by atoms with Gasteiger partial charge in [-0.05, 0) is 0 Å². The number of morpholine rings is 1. The van der Waals surface area contributed by atoms with E-state index in [0.717, 1.165) is 32.8 Å². The number of hydrogen-bond donors (Lipinski definition) is 3. The summed E-state index contributed by atoms with van der Waals surface area (Å²) in [6.07, 6.45) is 1.77. The Labute approximate surface area is 138 Å². The fourth-order valence-electron chi connectivity index (χ4n) is 2.62. The topological polar surface area (TPSA) is 131 Å². The summed E-state index contributed by atoms with van der Waals surface area (Å²) in [5.74, 6) is -0.0212. The van der Waals surface area contributed by atoms with Gasteiger partial charge < -0.3 is 20.4 Å². The van der Waals surface area contributed by atoms with Gasteiger partial charge in [0, 0.05) is 39.1 Å². The van der Waals surface area contributed by atoms with Crippen LogP contribution in [0, 0.1) is 0 Å². The zero-order valence-corrected chi connectivity index (χ0v) is 13.3. The summed E-state index contributed by atoms with van der Waals surface area (Å²) >= 11 is 0. The number of aromatic amines is 1. The minimum absolute atomic E-state index is 0.0317. The van der Waals surface area contributed by atoms with Crippen LogP contribution in [-0.2, 0) is 16.1 Å². The van der Waals surface area contributed by atoms with Crippen molar-refractivity contribution in [3.63, 3.8) is 0 Å². The highest BCUT2D eigenvalue weighted by Gasteiger charge is 2.12. The van der Waals surface area contributed by atoms with Gasteiger partial charge in [-0.2, -0.15) is 4.98 Å². The number of anilines is 1. The van der Waals surface area contributed by atoms with E-state index in [9.17, 15) is 9.59 Å². The first-order chi connectivity index (χ1) is 11.6. The van der Waals surface area contributed by atoms with Crippen LogP contribution < -0.4 is 16.6 Å². The Morgan fingerprint density at radius 1 is 1.38 bits per heavy atom. The van der Waals surface area contributed by atoms with Gasteiger partial charge in [0.15, 0.2) is 11.2 Å². The van der Waals surface area contributed by atoms with Crippen LogP contribution in [0.1, 0.15) is 6.42 Å². The molecule has 0 atom stereocenters. The first kappa shape index (κ1) is 16.4. The lowest BCUT2D eigenvalue weighted by Crippen LogP contribution is -2.41. The molecule has 0 radical (unpaired) electrons. The van der Waals surface area contributed by atoms with Crippen LogP contribution in [-0.4, -0.2) is 69.7 Å². The van der Waals surface area contributed by atoms with Crippen LogP contribution >= 0.6 is 0 Å². The molecule has 0 aliphatic carbocycles. The molecule has 3 heterocycles. The number of nitrogen functional groups attached to an aromatic ring is 1. The van der Waals surface area contributed by atoms with E-state index in [0.29, 0.717) is 18.7 Å². The van der Waals surface area contributed by atoms with Crippen LogP contribution in [0.15, 0.2) is 11.1 Å². The third kappa shape index (κ3) is 3.89. The zero-order chi connectivity index (χ0) is 16.9. The number of fused-ring (bicyclic) bond motifs is 1. The molecule has 0 aromatic carbocycles. The van der Waals surface area contributed by atoms with Gasteiger partial charge in [0.05, 0.1) is 19.5 Å². The predicted octanol–water partition coefficient (Wildman–Crippen LogP) is -1.46. The van der Waals surface area contributed by atoms with Crippen LogP contribution in [0.4, 0.5) is 5.95 Å². The molecule has 0 saturated carbocycles. The Balaban J connectivity index is 1.48. The van der Waals surface area contributed by atoms with Gasteiger partial charge in [-0.15, -0.1) is 0 Å². The average Bonchev–Trinajstić information content (AvgIpc) is 2.97. The molecular weight excluding hydrogens is 314 g/mol. The molecule has 1 fully saturated rings. The van der Waals surface area contributed by atoms with Gasteiger partial charge in [0.2, 0.25) is 11.9 Å².